The van der Waals surface area contributed by atoms with Crippen LogP contribution in [-0.2, 0) is 13.1 Å². The first-order valence-electron chi connectivity index (χ1n) is 9.65. The Morgan fingerprint density at radius 2 is 2.04 bits per heavy atom. The molecule has 2 aromatic rings. The first-order valence-corrected chi connectivity index (χ1v) is 9.65. The van der Waals surface area contributed by atoms with Crippen molar-refractivity contribution in [3.63, 3.8) is 0 Å². The zero-order chi connectivity index (χ0) is 19.1. The van der Waals surface area contributed by atoms with E-state index in [2.05, 4.69) is 39.6 Å². The average molecular weight is 371 g/mol. The van der Waals surface area contributed by atoms with Gasteiger partial charge in [0.15, 0.2) is 11.7 Å². The second kappa shape index (κ2) is 9.39. The molecule has 27 heavy (non-hydrogen) atoms. The van der Waals surface area contributed by atoms with Crippen LogP contribution in [0.5, 0.6) is 5.88 Å². The van der Waals surface area contributed by atoms with E-state index in [1.165, 1.54) is 12.8 Å². The van der Waals surface area contributed by atoms with Crippen molar-refractivity contribution in [2.24, 2.45) is 4.99 Å². The molecule has 0 radical (unpaired) electrons. The molecule has 0 unspecified atom stereocenters. The van der Waals surface area contributed by atoms with Gasteiger partial charge >= 0.3 is 0 Å². The van der Waals surface area contributed by atoms with Gasteiger partial charge in [-0.15, -0.1) is 0 Å². The molecule has 0 aromatic carbocycles. The number of hydrogen-bond donors (Lipinski definition) is 2. The van der Waals surface area contributed by atoms with Gasteiger partial charge in [-0.2, -0.15) is 0 Å². The highest BCUT2D eigenvalue weighted by Crippen LogP contribution is 2.22. The molecular weight excluding hydrogens is 342 g/mol. The minimum absolute atomic E-state index is 0.330. The summed E-state index contributed by atoms with van der Waals surface area (Å²) in [6.45, 7) is 5.34. The van der Waals surface area contributed by atoms with Crippen LogP contribution >= 0.6 is 0 Å². The van der Waals surface area contributed by atoms with Crippen molar-refractivity contribution in [2.45, 2.75) is 64.6 Å². The van der Waals surface area contributed by atoms with Crippen molar-refractivity contribution < 1.29 is 9.26 Å². The summed E-state index contributed by atoms with van der Waals surface area (Å²) in [5.41, 5.74) is 2.03. The maximum atomic E-state index is 5.90. The quantitative estimate of drug-likeness (QED) is 0.573. The monoisotopic (exact) mass is 371 g/mol. The molecule has 0 saturated heterocycles. The number of aliphatic imine (C=N–C) groups is 1. The molecule has 3 rings (SSSR count). The molecule has 0 amide bonds. The van der Waals surface area contributed by atoms with Crippen LogP contribution in [0.15, 0.2) is 33.9 Å². The van der Waals surface area contributed by atoms with Crippen LogP contribution in [-0.4, -0.2) is 29.3 Å². The number of aromatic nitrogens is 2. The van der Waals surface area contributed by atoms with E-state index in [1.54, 1.807) is 7.05 Å². The van der Waals surface area contributed by atoms with Gasteiger partial charge in [0.2, 0.25) is 5.88 Å². The van der Waals surface area contributed by atoms with Gasteiger partial charge in [-0.1, -0.05) is 25.1 Å². The highest BCUT2D eigenvalue weighted by molar-refractivity contribution is 5.79. The lowest BCUT2D eigenvalue weighted by Gasteiger charge is -2.13. The van der Waals surface area contributed by atoms with Gasteiger partial charge < -0.3 is 19.9 Å². The summed E-state index contributed by atoms with van der Waals surface area (Å²) < 4.78 is 11.2. The number of pyridine rings is 1. The molecule has 0 aliphatic heterocycles. The molecule has 146 valence electrons. The Kier molecular flexibility index (Phi) is 6.68. The van der Waals surface area contributed by atoms with Crippen molar-refractivity contribution in [3.05, 3.63) is 41.4 Å². The van der Waals surface area contributed by atoms with E-state index in [9.17, 15) is 0 Å². The molecule has 1 aliphatic rings. The maximum Gasteiger partial charge on any atom is 0.213 e. The molecule has 1 aliphatic carbocycles. The Morgan fingerprint density at radius 3 is 2.67 bits per heavy atom. The standard InChI is InChI=1S/C20H29N5O2/c1-14(2)18-10-17(27-25-18)13-24-20(21-3)23-12-15-8-9-19(22-11-15)26-16-6-4-5-7-16/h8-11,14,16H,4-7,12-13H2,1-3H3,(H2,21,23,24). The Morgan fingerprint density at radius 1 is 1.26 bits per heavy atom. The summed E-state index contributed by atoms with van der Waals surface area (Å²) in [4.78, 5) is 8.65. The van der Waals surface area contributed by atoms with Crippen LogP contribution in [0.1, 0.15) is 62.5 Å². The van der Waals surface area contributed by atoms with Crippen LogP contribution < -0.4 is 15.4 Å². The van der Waals surface area contributed by atoms with Gasteiger partial charge in [0.25, 0.3) is 0 Å². The molecule has 7 nitrogen and oxygen atoms in total. The van der Waals surface area contributed by atoms with Gasteiger partial charge in [0, 0.05) is 31.9 Å². The first-order chi connectivity index (χ1) is 13.1. The Hall–Kier alpha value is -2.57. The smallest absolute Gasteiger partial charge is 0.213 e. The van der Waals surface area contributed by atoms with Gasteiger partial charge in [0.1, 0.15) is 6.10 Å². The third-order valence-electron chi connectivity index (χ3n) is 4.67. The van der Waals surface area contributed by atoms with Gasteiger partial charge in [-0.3, -0.25) is 4.99 Å². The van der Waals surface area contributed by atoms with Gasteiger partial charge in [-0.25, -0.2) is 4.98 Å². The minimum Gasteiger partial charge on any atom is -0.474 e. The van der Waals surface area contributed by atoms with Crippen molar-refractivity contribution in [3.8, 4) is 5.88 Å². The number of ether oxygens (including phenoxy) is 1. The lowest BCUT2D eigenvalue weighted by molar-refractivity contribution is 0.201. The molecule has 0 bridgehead atoms. The van der Waals surface area contributed by atoms with Crippen LogP contribution in [0.4, 0.5) is 0 Å². The molecule has 0 spiro atoms. The van der Waals surface area contributed by atoms with Gasteiger partial charge in [0.05, 0.1) is 12.2 Å². The van der Waals surface area contributed by atoms with E-state index in [1.807, 2.05) is 24.4 Å². The lowest BCUT2D eigenvalue weighted by Crippen LogP contribution is -2.36. The summed E-state index contributed by atoms with van der Waals surface area (Å²) in [5, 5.41) is 10.6. The molecule has 2 N–H and O–H groups in total. The van der Waals surface area contributed by atoms with E-state index >= 15 is 0 Å². The fraction of sp³-hybridized carbons (Fsp3) is 0.550. The SMILES string of the molecule is CN=C(NCc1ccc(OC2CCCC2)nc1)NCc1cc(C(C)C)no1. The molecular formula is C20H29N5O2. The van der Waals surface area contributed by atoms with Crippen molar-refractivity contribution in [2.75, 3.05) is 7.05 Å². The Bertz CT molecular complexity index is 733. The minimum atomic E-state index is 0.330. The number of guanidine groups is 1. The summed E-state index contributed by atoms with van der Waals surface area (Å²) in [5.74, 6) is 2.55. The van der Waals surface area contributed by atoms with Crippen LogP contribution in [0.3, 0.4) is 0 Å². The van der Waals surface area contributed by atoms with Gasteiger partial charge in [-0.05, 0) is 37.2 Å². The molecule has 2 heterocycles. The number of rotatable bonds is 7. The van der Waals surface area contributed by atoms with E-state index < -0.39 is 0 Å². The van der Waals surface area contributed by atoms with Crippen molar-refractivity contribution in [1.82, 2.24) is 20.8 Å². The second-order valence-electron chi connectivity index (χ2n) is 7.18. The second-order valence-corrected chi connectivity index (χ2v) is 7.18. The number of nitrogens with one attached hydrogen (secondary N) is 2. The fourth-order valence-corrected chi connectivity index (χ4v) is 3.02. The molecule has 1 saturated carbocycles. The maximum absolute atomic E-state index is 5.90. The largest absolute Gasteiger partial charge is 0.474 e. The summed E-state index contributed by atoms with van der Waals surface area (Å²) in [6, 6.07) is 5.94. The summed E-state index contributed by atoms with van der Waals surface area (Å²) in [6.07, 6.45) is 6.96. The van der Waals surface area contributed by atoms with E-state index in [-0.39, 0.29) is 0 Å². The Labute approximate surface area is 160 Å². The zero-order valence-electron chi connectivity index (χ0n) is 16.4. The highest BCUT2D eigenvalue weighted by atomic mass is 16.5. The van der Waals surface area contributed by atoms with E-state index in [0.29, 0.717) is 37.0 Å². The third-order valence-corrected chi connectivity index (χ3v) is 4.67. The van der Waals surface area contributed by atoms with Crippen molar-refractivity contribution >= 4 is 5.96 Å². The van der Waals surface area contributed by atoms with E-state index in [0.717, 1.165) is 29.9 Å². The Balaban J connectivity index is 1.44. The number of hydrogen-bond acceptors (Lipinski definition) is 5. The van der Waals surface area contributed by atoms with E-state index in [4.69, 9.17) is 9.26 Å². The summed E-state index contributed by atoms with van der Waals surface area (Å²) in [7, 11) is 1.74. The van der Waals surface area contributed by atoms with Crippen LogP contribution in [0.2, 0.25) is 0 Å². The topological polar surface area (TPSA) is 84.6 Å². The average Bonchev–Trinajstić information content (AvgIpc) is 3.35. The predicted octanol–water partition coefficient (Wildman–Crippen LogP) is 3.38. The van der Waals surface area contributed by atoms with Crippen LogP contribution in [0, 0.1) is 0 Å². The predicted molar refractivity (Wildman–Crippen MR) is 105 cm³/mol. The molecule has 7 heteroatoms. The molecule has 2 aromatic heterocycles. The fourth-order valence-electron chi connectivity index (χ4n) is 3.02. The lowest BCUT2D eigenvalue weighted by atomic mass is 10.1. The normalized spacial score (nSPS) is 15.3. The van der Waals surface area contributed by atoms with Crippen molar-refractivity contribution in [1.29, 1.82) is 0 Å². The first kappa shape index (κ1) is 19.2. The highest BCUT2D eigenvalue weighted by Gasteiger charge is 2.16. The third kappa shape index (κ3) is 5.70. The molecule has 1 fully saturated rings. The summed E-state index contributed by atoms with van der Waals surface area (Å²) >= 11 is 0. The van der Waals surface area contributed by atoms with Crippen LogP contribution in [0.25, 0.3) is 0 Å². The molecule has 0 atom stereocenters. The number of nitrogens with zero attached hydrogens (tertiary/aromatic N) is 3. The zero-order valence-corrected chi connectivity index (χ0v) is 16.4.